The van der Waals surface area contributed by atoms with Crippen LogP contribution in [-0.4, -0.2) is 19.6 Å². The van der Waals surface area contributed by atoms with Crippen molar-refractivity contribution in [1.82, 2.24) is 0 Å². The first kappa shape index (κ1) is 13.5. The van der Waals surface area contributed by atoms with Gasteiger partial charge in [0.15, 0.2) is 0 Å². The zero-order chi connectivity index (χ0) is 12.7. The Balaban J connectivity index is 2.35. The van der Waals surface area contributed by atoms with Gasteiger partial charge >= 0.3 is 6.16 Å². The summed E-state index contributed by atoms with van der Waals surface area (Å²) < 4.78 is 15.0. The van der Waals surface area contributed by atoms with Gasteiger partial charge in [-0.2, -0.15) is 0 Å². The van der Waals surface area contributed by atoms with Gasteiger partial charge in [0.25, 0.3) is 0 Å². The summed E-state index contributed by atoms with van der Waals surface area (Å²) in [6, 6.07) is 9.43. The van der Waals surface area contributed by atoms with E-state index in [0.29, 0.717) is 0 Å². The molecule has 0 N–H and O–H groups in total. The van der Waals surface area contributed by atoms with Crippen molar-refractivity contribution in [3.63, 3.8) is 0 Å². The van der Waals surface area contributed by atoms with E-state index < -0.39 is 12.4 Å². The average Bonchev–Trinajstić information content (AvgIpc) is 2.34. The highest BCUT2D eigenvalue weighted by molar-refractivity contribution is 5.60. The van der Waals surface area contributed by atoms with E-state index in [9.17, 15) is 4.79 Å². The van der Waals surface area contributed by atoms with Crippen molar-refractivity contribution >= 4 is 6.16 Å². The summed E-state index contributed by atoms with van der Waals surface area (Å²) >= 11 is 0. The van der Waals surface area contributed by atoms with E-state index in [1.165, 1.54) is 7.11 Å². The van der Waals surface area contributed by atoms with Crippen LogP contribution in [0.2, 0.25) is 0 Å². The van der Waals surface area contributed by atoms with Gasteiger partial charge in [-0.1, -0.05) is 44.2 Å². The Hall–Kier alpha value is -1.55. The first-order valence-electron chi connectivity index (χ1n) is 5.53. The molecule has 0 aliphatic carbocycles. The van der Waals surface area contributed by atoms with E-state index in [1.54, 1.807) is 0 Å². The monoisotopic (exact) mass is 238 g/mol. The number of hydrogen-bond donors (Lipinski definition) is 0. The van der Waals surface area contributed by atoms with Crippen molar-refractivity contribution in [2.24, 2.45) is 5.92 Å². The van der Waals surface area contributed by atoms with Gasteiger partial charge in [0, 0.05) is 13.0 Å². The van der Waals surface area contributed by atoms with Gasteiger partial charge in [-0.15, -0.1) is 0 Å². The number of ether oxygens (including phenoxy) is 3. The number of hydrogen-bond acceptors (Lipinski definition) is 4. The van der Waals surface area contributed by atoms with E-state index >= 15 is 0 Å². The molecule has 0 aromatic heterocycles. The third-order valence-electron chi connectivity index (χ3n) is 2.19. The second-order valence-corrected chi connectivity index (χ2v) is 3.99. The molecule has 0 bridgehead atoms. The standard InChI is InChI=1S/C13H18O4/c1-10(2)12(15-3)17-13(14)16-9-11-7-5-4-6-8-11/h4-8,10,12H,9H2,1-3H3. The largest absolute Gasteiger partial charge is 0.510 e. The van der Waals surface area contributed by atoms with E-state index in [-0.39, 0.29) is 12.5 Å². The molecule has 1 atom stereocenters. The van der Waals surface area contributed by atoms with Crippen molar-refractivity contribution in [2.75, 3.05) is 7.11 Å². The minimum atomic E-state index is -0.714. The van der Waals surface area contributed by atoms with Crippen LogP contribution in [-0.2, 0) is 20.8 Å². The summed E-state index contributed by atoms with van der Waals surface area (Å²) in [6.45, 7) is 4.01. The Labute approximate surface area is 101 Å². The lowest BCUT2D eigenvalue weighted by Gasteiger charge is -2.18. The lowest BCUT2D eigenvalue weighted by Crippen LogP contribution is -2.25. The fourth-order valence-corrected chi connectivity index (χ4v) is 1.30. The minimum absolute atomic E-state index is 0.0873. The molecule has 0 saturated carbocycles. The van der Waals surface area contributed by atoms with E-state index in [4.69, 9.17) is 14.2 Å². The molecule has 0 heterocycles. The molecule has 0 radical (unpaired) electrons. The Morgan fingerprint density at radius 2 is 1.88 bits per heavy atom. The molecule has 1 aromatic rings. The molecule has 1 aromatic carbocycles. The minimum Gasteiger partial charge on any atom is -0.429 e. The lowest BCUT2D eigenvalue weighted by atomic mass is 10.2. The van der Waals surface area contributed by atoms with Crippen LogP contribution in [0.3, 0.4) is 0 Å². The predicted molar refractivity (Wildman–Crippen MR) is 63.3 cm³/mol. The van der Waals surface area contributed by atoms with Crippen LogP contribution < -0.4 is 0 Å². The van der Waals surface area contributed by atoms with Crippen molar-refractivity contribution in [1.29, 1.82) is 0 Å². The Morgan fingerprint density at radius 3 is 2.41 bits per heavy atom. The molecule has 0 fully saturated rings. The molecule has 0 aliphatic heterocycles. The summed E-state index contributed by atoms with van der Waals surface area (Å²) in [7, 11) is 1.50. The third kappa shape index (κ3) is 4.87. The quantitative estimate of drug-likeness (QED) is 0.584. The maximum absolute atomic E-state index is 11.4. The van der Waals surface area contributed by atoms with E-state index in [2.05, 4.69) is 0 Å². The molecule has 0 amide bonds. The topological polar surface area (TPSA) is 44.8 Å². The highest BCUT2D eigenvalue weighted by atomic mass is 16.8. The van der Waals surface area contributed by atoms with E-state index in [1.807, 2.05) is 44.2 Å². The maximum Gasteiger partial charge on any atom is 0.510 e. The molecule has 4 heteroatoms. The fourth-order valence-electron chi connectivity index (χ4n) is 1.30. The SMILES string of the molecule is COC(OC(=O)OCc1ccccc1)C(C)C. The molecule has 1 rings (SSSR count). The van der Waals surface area contributed by atoms with Crippen LogP contribution in [0.1, 0.15) is 19.4 Å². The molecular weight excluding hydrogens is 220 g/mol. The van der Waals surface area contributed by atoms with Crippen LogP contribution in [0.4, 0.5) is 4.79 Å². The van der Waals surface area contributed by atoms with Gasteiger partial charge in [0.2, 0.25) is 6.29 Å². The first-order valence-corrected chi connectivity index (χ1v) is 5.53. The van der Waals surface area contributed by atoms with Crippen molar-refractivity contribution in [3.05, 3.63) is 35.9 Å². The van der Waals surface area contributed by atoms with Crippen LogP contribution in [0.15, 0.2) is 30.3 Å². The van der Waals surface area contributed by atoms with Gasteiger partial charge in [-0.05, 0) is 5.56 Å². The summed E-state index contributed by atoms with van der Waals surface area (Å²) in [5.74, 6) is 0.0873. The van der Waals surface area contributed by atoms with Crippen molar-refractivity contribution < 1.29 is 19.0 Å². The van der Waals surface area contributed by atoms with Crippen LogP contribution in [0, 0.1) is 5.92 Å². The highest BCUT2D eigenvalue weighted by Crippen LogP contribution is 2.09. The maximum atomic E-state index is 11.4. The third-order valence-corrected chi connectivity index (χ3v) is 2.19. The molecule has 0 aliphatic rings. The zero-order valence-electron chi connectivity index (χ0n) is 10.4. The zero-order valence-corrected chi connectivity index (χ0v) is 10.4. The summed E-state index contributed by atoms with van der Waals surface area (Å²) in [5, 5.41) is 0. The summed E-state index contributed by atoms with van der Waals surface area (Å²) in [4.78, 5) is 11.4. The van der Waals surface area contributed by atoms with Crippen LogP contribution in [0.25, 0.3) is 0 Å². The average molecular weight is 238 g/mol. The Bertz CT molecular complexity index is 335. The molecular formula is C13H18O4. The molecule has 1 unspecified atom stereocenters. The van der Waals surface area contributed by atoms with E-state index in [0.717, 1.165) is 5.56 Å². The molecule has 0 spiro atoms. The Morgan fingerprint density at radius 1 is 1.24 bits per heavy atom. The molecule has 94 valence electrons. The molecule has 17 heavy (non-hydrogen) atoms. The van der Waals surface area contributed by atoms with Gasteiger partial charge in [0.1, 0.15) is 6.61 Å². The smallest absolute Gasteiger partial charge is 0.429 e. The van der Waals surface area contributed by atoms with Crippen molar-refractivity contribution in [3.8, 4) is 0 Å². The number of methoxy groups -OCH3 is 1. The molecule has 0 saturated heterocycles. The number of carbonyl (C=O) groups excluding carboxylic acids is 1. The Kier molecular flexibility index (Phi) is 5.49. The first-order chi connectivity index (χ1) is 8.13. The van der Waals surface area contributed by atoms with Gasteiger partial charge in [-0.3, -0.25) is 0 Å². The highest BCUT2D eigenvalue weighted by Gasteiger charge is 2.18. The fraction of sp³-hybridized carbons (Fsp3) is 0.462. The predicted octanol–water partition coefficient (Wildman–Crippen LogP) is 2.97. The lowest BCUT2D eigenvalue weighted by molar-refractivity contribution is -0.128. The van der Waals surface area contributed by atoms with Gasteiger partial charge in [0.05, 0.1) is 0 Å². The second kappa shape index (κ2) is 6.91. The van der Waals surface area contributed by atoms with Gasteiger partial charge < -0.3 is 14.2 Å². The second-order valence-electron chi connectivity index (χ2n) is 3.99. The summed E-state index contributed by atoms with van der Waals surface area (Å²) in [5.41, 5.74) is 0.919. The van der Waals surface area contributed by atoms with Crippen LogP contribution >= 0.6 is 0 Å². The number of rotatable bonds is 5. The van der Waals surface area contributed by atoms with Gasteiger partial charge in [-0.25, -0.2) is 4.79 Å². The van der Waals surface area contributed by atoms with Crippen molar-refractivity contribution in [2.45, 2.75) is 26.7 Å². The number of benzene rings is 1. The van der Waals surface area contributed by atoms with Crippen LogP contribution in [0.5, 0.6) is 0 Å². The normalized spacial score (nSPS) is 12.2. The number of carbonyl (C=O) groups is 1. The summed E-state index contributed by atoms with van der Waals surface area (Å²) in [6.07, 6.45) is -1.28. The molecule has 4 nitrogen and oxygen atoms in total.